The van der Waals surface area contributed by atoms with E-state index in [9.17, 15) is 0 Å². The number of halogens is 1. The Morgan fingerprint density at radius 3 is 3.00 bits per heavy atom. The van der Waals surface area contributed by atoms with Crippen molar-refractivity contribution in [2.45, 2.75) is 45.3 Å². The van der Waals surface area contributed by atoms with Gasteiger partial charge in [0.05, 0.1) is 6.10 Å². The Labute approximate surface area is 117 Å². The van der Waals surface area contributed by atoms with E-state index >= 15 is 0 Å². The molecule has 2 rings (SSSR count). The summed E-state index contributed by atoms with van der Waals surface area (Å²) in [7, 11) is 0. The molecule has 0 amide bonds. The van der Waals surface area contributed by atoms with Gasteiger partial charge in [-0.1, -0.05) is 15.9 Å². The summed E-state index contributed by atoms with van der Waals surface area (Å²) in [5.41, 5.74) is 0. The molecule has 1 saturated heterocycles. The predicted octanol–water partition coefficient (Wildman–Crippen LogP) is 3.02. The molecule has 0 spiro atoms. The van der Waals surface area contributed by atoms with Crippen molar-refractivity contribution in [1.29, 1.82) is 0 Å². The molecule has 1 aromatic rings. The fourth-order valence-electron chi connectivity index (χ4n) is 2.26. The summed E-state index contributed by atoms with van der Waals surface area (Å²) in [4.78, 5) is 10.9. The van der Waals surface area contributed by atoms with Crippen LogP contribution < -0.4 is 9.64 Å². The van der Waals surface area contributed by atoms with Crippen molar-refractivity contribution in [1.82, 2.24) is 9.97 Å². The van der Waals surface area contributed by atoms with Crippen LogP contribution in [0.2, 0.25) is 0 Å². The van der Waals surface area contributed by atoms with Crippen molar-refractivity contribution >= 4 is 21.7 Å². The molecule has 0 saturated carbocycles. The summed E-state index contributed by atoms with van der Waals surface area (Å²) in [6.07, 6.45) is 5.48. The van der Waals surface area contributed by atoms with Gasteiger partial charge in [0.2, 0.25) is 5.88 Å². The highest BCUT2D eigenvalue weighted by Gasteiger charge is 2.23. The maximum Gasteiger partial charge on any atom is 0.218 e. The molecule has 0 radical (unpaired) electrons. The first-order valence-corrected chi connectivity index (χ1v) is 7.64. The van der Waals surface area contributed by atoms with Crippen LogP contribution in [0.15, 0.2) is 12.4 Å². The highest BCUT2D eigenvalue weighted by molar-refractivity contribution is 9.09. The van der Waals surface area contributed by atoms with Crippen LogP contribution in [0.4, 0.5) is 5.82 Å². The Morgan fingerprint density at radius 2 is 2.28 bits per heavy atom. The van der Waals surface area contributed by atoms with Crippen molar-refractivity contribution in [3.8, 4) is 5.88 Å². The number of piperidine rings is 1. The monoisotopic (exact) mass is 313 g/mol. The van der Waals surface area contributed by atoms with Crippen LogP contribution in [-0.4, -0.2) is 34.0 Å². The fourth-order valence-corrected chi connectivity index (χ4v) is 2.93. The molecular weight excluding hydrogens is 294 g/mol. The van der Waals surface area contributed by atoms with E-state index in [0.717, 1.165) is 17.7 Å². The minimum absolute atomic E-state index is 0.140. The minimum Gasteiger partial charge on any atom is -0.475 e. The Morgan fingerprint density at radius 1 is 1.44 bits per heavy atom. The largest absolute Gasteiger partial charge is 0.475 e. The normalized spacial score (nSPS) is 20.2. The molecule has 0 aromatic carbocycles. The van der Waals surface area contributed by atoms with Crippen LogP contribution in [0.25, 0.3) is 0 Å². The molecule has 4 nitrogen and oxygen atoms in total. The zero-order chi connectivity index (χ0) is 13.0. The number of ether oxygens (including phenoxy) is 1. The summed E-state index contributed by atoms with van der Waals surface area (Å²) in [5, 5.41) is 0.984. The molecule has 1 atom stereocenters. The number of hydrogen-bond donors (Lipinski definition) is 0. The SMILES string of the molecule is CC(C)Oc1cc(N2CCCCC2CBr)ncn1. The predicted molar refractivity (Wildman–Crippen MR) is 76.6 cm³/mol. The number of hydrogen-bond acceptors (Lipinski definition) is 4. The van der Waals surface area contributed by atoms with E-state index in [1.54, 1.807) is 6.33 Å². The first-order chi connectivity index (χ1) is 8.70. The van der Waals surface area contributed by atoms with Crippen LogP contribution in [0, 0.1) is 0 Å². The van der Waals surface area contributed by atoms with E-state index in [-0.39, 0.29) is 6.10 Å². The number of alkyl halides is 1. The van der Waals surface area contributed by atoms with Crippen molar-refractivity contribution < 1.29 is 4.74 Å². The Balaban J connectivity index is 2.15. The van der Waals surface area contributed by atoms with E-state index in [1.165, 1.54) is 19.3 Å². The highest BCUT2D eigenvalue weighted by Crippen LogP contribution is 2.25. The van der Waals surface area contributed by atoms with Gasteiger partial charge < -0.3 is 9.64 Å². The van der Waals surface area contributed by atoms with Crippen LogP contribution in [0.5, 0.6) is 5.88 Å². The third-order valence-corrected chi connectivity index (χ3v) is 3.83. The van der Waals surface area contributed by atoms with E-state index in [4.69, 9.17) is 4.74 Å². The number of aromatic nitrogens is 2. The first-order valence-electron chi connectivity index (χ1n) is 6.52. The van der Waals surface area contributed by atoms with E-state index < -0.39 is 0 Å². The first kappa shape index (κ1) is 13.6. The molecule has 1 fully saturated rings. The van der Waals surface area contributed by atoms with E-state index in [0.29, 0.717) is 11.9 Å². The average molecular weight is 314 g/mol. The topological polar surface area (TPSA) is 38.2 Å². The molecule has 1 aromatic heterocycles. The van der Waals surface area contributed by atoms with Gasteiger partial charge in [-0.3, -0.25) is 0 Å². The summed E-state index contributed by atoms with van der Waals surface area (Å²) < 4.78 is 5.63. The van der Waals surface area contributed by atoms with Crippen molar-refractivity contribution in [2.75, 3.05) is 16.8 Å². The molecule has 1 unspecified atom stereocenters. The molecule has 2 heterocycles. The van der Waals surface area contributed by atoms with E-state index in [2.05, 4.69) is 30.8 Å². The molecule has 18 heavy (non-hydrogen) atoms. The van der Waals surface area contributed by atoms with Gasteiger partial charge in [-0.2, -0.15) is 0 Å². The summed E-state index contributed by atoms with van der Waals surface area (Å²) >= 11 is 3.59. The highest BCUT2D eigenvalue weighted by atomic mass is 79.9. The second kappa shape index (κ2) is 6.36. The quantitative estimate of drug-likeness (QED) is 0.801. The van der Waals surface area contributed by atoms with Crippen molar-refractivity contribution in [2.24, 2.45) is 0 Å². The van der Waals surface area contributed by atoms with Gasteiger partial charge in [0, 0.05) is 24.0 Å². The maximum atomic E-state index is 5.63. The molecule has 1 aliphatic rings. The lowest BCUT2D eigenvalue weighted by atomic mass is 10.0. The van der Waals surface area contributed by atoms with Gasteiger partial charge in [0.1, 0.15) is 12.1 Å². The van der Waals surface area contributed by atoms with Gasteiger partial charge in [-0.05, 0) is 33.1 Å². The summed E-state index contributed by atoms with van der Waals surface area (Å²) in [5.74, 6) is 1.64. The van der Waals surface area contributed by atoms with Crippen LogP contribution >= 0.6 is 15.9 Å². The molecular formula is C13H20BrN3O. The van der Waals surface area contributed by atoms with Gasteiger partial charge in [0.15, 0.2) is 0 Å². The third kappa shape index (κ3) is 3.34. The lowest BCUT2D eigenvalue weighted by Crippen LogP contribution is -2.41. The van der Waals surface area contributed by atoms with Crippen LogP contribution in [-0.2, 0) is 0 Å². The Bertz CT molecular complexity index is 386. The van der Waals surface area contributed by atoms with Gasteiger partial charge >= 0.3 is 0 Å². The average Bonchev–Trinajstić information content (AvgIpc) is 2.38. The van der Waals surface area contributed by atoms with Crippen LogP contribution in [0.1, 0.15) is 33.1 Å². The molecule has 1 aliphatic heterocycles. The number of nitrogens with zero attached hydrogens (tertiary/aromatic N) is 3. The smallest absolute Gasteiger partial charge is 0.218 e. The van der Waals surface area contributed by atoms with Gasteiger partial charge in [0.25, 0.3) is 0 Å². The number of anilines is 1. The number of rotatable bonds is 4. The van der Waals surface area contributed by atoms with Gasteiger partial charge in [-0.15, -0.1) is 0 Å². The third-order valence-electron chi connectivity index (χ3n) is 3.08. The Hall–Kier alpha value is -0.840. The van der Waals surface area contributed by atoms with Crippen LogP contribution in [0.3, 0.4) is 0 Å². The molecule has 0 bridgehead atoms. The van der Waals surface area contributed by atoms with E-state index in [1.807, 2.05) is 19.9 Å². The molecule has 0 N–H and O–H groups in total. The van der Waals surface area contributed by atoms with Gasteiger partial charge in [-0.25, -0.2) is 9.97 Å². The minimum atomic E-state index is 0.140. The second-order valence-electron chi connectivity index (χ2n) is 4.88. The Kier molecular flexibility index (Phi) is 4.80. The second-order valence-corrected chi connectivity index (χ2v) is 5.53. The standard InChI is InChI=1S/C13H20BrN3O/c1-10(2)18-13-7-12(15-9-16-13)17-6-4-3-5-11(17)8-14/h7,9-11H,3-6,8H2,1-2H3. The van der Waals surface area contributed by atoms with Crippen molar-refractivity contribution in [3.05, 3.63) is 12.4 Å². The lowest BCUT2D eigenvalue weighted by Gasteiger charge is -2.35. The fraction of sp³-hybridized carbons (Fsp3) is 0.692. The van der Waals surface area contributed by atoms with Crippen molar-refractivity contribution in [3.63, 3.8) is 0 Å². The summed E-state index contributed by atoms with van der Waals surface area (Å²) in [6, 6.07) is 2.47. The molecule has 100 valence electrons. The summed E-state index contributed by atoms with van der Waals surface area (Å²) in [6.45, 7) is 5.07. The zero-order valence-electron chi connectivity index (χ0n) is 11.0. The molecule has 5 heteroatoms. The lowest BCUT2D eigenvalue weighted by molar-refractivity contribution is 0.232. The maximum absolute atomic E-state index is 5.63. The molecule has 0 aliphatic carbocycles. The zero-order valence-corrected chi connectivity index (χ0v) is 12.6.